The molecule has 0 aromatic heterocycles. The first-order valence-corrected chi connectivity index (χ1v) is 10.8. The van der Waals surface area contributed by atoms with Crippen LogP contribution in [-0.2, 0) is 17.1 Å². The van der Waals surface area contributed by atoms with Crippen LogP contribution in [0.4, 0.5) is 26.3 Å². The van der Waals surface area contributed by atoms with E-state index in [1.54, 1.807) is 0 Å². The van der Waals surface area contributed by atoms with Gasteiger partial charge in [0.2, 0.25) is 0 Å². The zero-order valence-electron chi connectivity index (χ0n) is 18.7. The average Bonchev–Trinajstić information content (AvgIpc) is 2.78. The average molecular weight is 477 g/mol. The molecule has 1 fully saturated rings. The van der Waals surface area contributed by atoms with Crippen molar-refractivity contribution in [3.63, 3.8) is 0 Å². The topological polar surface area (TPSA) is 38.5 Å². The Labute approximate surface area is 190 Å². The van der Waals surface area contributed by atoms with E-state index in [2.05, 4.69) is 35.2 Å². The number of ether oxygens (including phenoxy) is 1. The number of rotatable bonds is 5. The lowest BCUT2D eigenvalue weighted by molar-refractivity contribution is -0.143. The molecular weight excluding hydrogens is 446 g/mol. The maximum Gasteiger partial charge on any atom is 0.416 e. The molecule has 0 saturated carbocycles. The SMILES string of the molecule is CO[C@H](C)c1cc(C(F)(F)F)cc(C(F)(F)F)c1.NCCN1CCCC[C@H]1c1ccccc1. The first-order chi connectivity index (χ1) is 15.5. The van der Waals surface area contributed by atoms with Gasteiger partial charge in [-0.3, -0.25) is 4.90 Å². The number of alkyl halides is 6. The van der Waals surface area contributed by atoms with Gasteiger partial charge in [-0.25, -0.2) is 0 Å². The highest BCUT2D eigenvalue weighted by Gasteiger charge is 2.37. The van der Waals surface area contributed by atoms with E-state index in [0.717, 1.165) is 13.1 Å². The number of nitrogens with two attached hydrogens (primary N) is 1. The lowest BCUT2D eigenvalue weighted by Crippen LogP contribution is -2.36. The van der Waals surface area contributed by atoms with Gasteiger partial charge >= 0.3 is 12.4 Å². The molecule has 1 heterocycles. The first-order valence-electron chi connectivity index (χ1n) is 10.8. The number of hydrogen-bond donors (Lipinski definition) is 1. The van der Waals surface area contributed by atoms with Crippen molar-refractivity contribution in [2.24, 2.45) is 5.73 Å². The highest BCUT2D eigenvalue weighted by molar-refractivity contribution is 5.34. The fourth-order valence-corrected chi connectivity index (χ4v) is 3.83. The number of methoxy groups -OCH3 is 1. The Morgan fingerprint density at radius 1 is 0.970 bits per heavy atom. The molecule has 0 aliphatic carbocycles. The molecule has 0 spiro atoms. The van der Waals surface area contributed by atoms with Crippen molar-refractivity contribution in [3.05, 3.63) is 70.8 Å². The van der Waals surface area contributed by atoms with E-state index in [9.17, 15) is 26.3 Å². The van der Waals surface area contributed by atoms with Gasteiger partial charge < -0.3 is 10.5 Å². The fourth-order valence-electron chi connectivity index (χ4n) is 3.83. The molecule has 0 unspecified atom stereocenters. The summed E-state index contributed by atoms with van der Waals surface area (Å²) in [4.78, 5) is 2.53. The minimum absolute atomic E-state index is 0.0892. The van der Waals surface area contributed by atoms with Crippen molar-refractivity contribution in [2.75, 3.05) is 26.7 Å². The minimum atomic E-state index is -4.83. The lowest BCUT2D eigenvalue weighted by atomic mass is 9.95. The quantitative estimate of drug-likeness (QED) is 0.494. The van der Waals surface area contributed by atoms with E-state index in [4.69, 9.17) is 10.5 Å². The molecule has 9 heteroatoms. The van der Waals surface area contributed by atoms with Crippen LogP contribution in [-0.4, -0.2) is 31.6 Å². The van der Waals surface area contributed by atoms with Gasteiger partial charge in [0.25, 0.3) is 0 Å². The molecule has 0 amide bonds. The standard InChI is InChI=1S/C13H20N2.C11H10F6O/c14-9-11-15-10-5-4-8-13(15)12-6-2-1-3-7-12;1-6(18-2)7-3-8(10(12,13)14)5-9(4-7)11(15,16)17/h1-3,6-7,13H,4-5,8-11,14H2;3-6H,1-2H3/t13-;6-/m01/s1. The van der Waals surface area contributed by atoms with Crippen molar-refractivity contribution < 1.29 is 31.1 Å². The van der Waals surface area contributed by atoms with Crippen LogP contribution < -0.4 is 5.73 Å². The summed E-state index contributed by atoms with van der Waals surface area (Å²) in [5.74, 6) is 0. The summed E-state index contributed by atoms with van der Waals surface area (Å²) in [6.07, 6.45) is -6.56. The van der Waals surface area contributed by atoms with Crippen LogP contribution in [0, 0.1) is 0 Å². The second kappa shape index (κ2) is 11.9. The van der Waals surface area contributed by atoms with Crippen LogP contribution in [0.5, 0.6) is 0 Å². The van der Waals surface area contributed by atoms with E-state index >= 15 is 0 Å². The minimum Gasteiger partial charge on any atom is -0.377 e. The molecule has 1 aliphatic heterocycles. The normalized spacial score (nSPS) is 18.4. The smallest absolute Gasteiger partial charge is 0.377 e. The molecule has 1 saturated heterocycles. The van der Waals surface area contributed by atoms with Gasteiger partial charge in [0.15, 0.2) is 0 Å². The molecule has 2 N–H and O–H groups in total. The van der Waals surface area contributed by atoms with Crippen molar-refractivity contribution in [3.8, 4) is 0 Å². The number of halogens is 6. The molecule has 33 heavy (non-hydrogen) atoms. The molecule has 1 aliphatic rings. The predicted octanol–water partition coefficient (Wildman–Crippen LogP) is 6.60. The monoisotopic (exact) mass is 476 g/mol. The van der Waals surface area contributed by atoms with E-state index in [0.29, 0.717) is 18.2 Å². The van der Waals surface area contributed by atoms with E-state index in [1.165, 1.54) is 45.4 Å². The van der Waals surface area contributed by atoms with E-state index < -0.39 is 29.6 Å². The second-order valence-corrected chi connectivity index (χ2v) is 7.96. The maximum absolute atomic E-state index is 12.5. The van der Waals surface area contributed by atoms with Crippen molar-refractivity contribution in [1.82, 2.24) is 4.90 Å². The number of likely N-dealkylation sites (tertiary alicyclic amines) is 1. The Kier molecular flexibility index (Phi) is 9.75. The Morgan fingerprint density at radius 2 is 1.55 bits per heavy atom. The summed E-state index contributed by atoms with van der Waals surface area (Å²) in [7, 11) is 1.21. The summed E-state index contributed by atoms with van der Waals surface area (Å²) in [6.45, 7) is 4.37. The third-order valence-corrected chi connectivity index (χ3v) is 5.65. The summed E-state index contributed by atoms with van der Waals surface area (Å²) in [5.41, 5.74) is 4.27. The molecule has 184 valence electrons. The largest absolute Gasteiger partial charge is 0.416 e. The van der Waals surface area contributed by atoms with Crippen LogP contribution in [0.2, 0.25) is 0 Å². The van der Waals surface area contributed by atoms with Gasteiger partial charge in [-0.2, -0.15) is 26.3 Å². The number of hydrogen-bond acceptors (Lipinski definition) is 3. The Hall–Kier alpha value is -2.10. The van der Waals surface area contributed by atoms with Crippen LogP contribution in [0.1, 0.15) is 60.6 Å². The molecule has 0 radical (unpaired) electrons. The maximum atomic E-state index is 12.5. The molecule has 2 aromatic carbocycles. The van der Waals surface area contributed by atoms with Crippen molar-refractivity contribution >= 4 is 0 Å². The molecule has 2 aromatic rings. The van der Waals surface area contributed by atoms with Crippen molar-refractivity contribution in [2.45, 2.75) is 50.7 Å². The predicted molar refractivity (Wildman–Crippen MR) is 116 cm³/mol. The van der Waals surface area contributed by atoms with Gasteiger partial charge in [0, 0.05) is 26.2 Å². The highest BCUT2D eigenvalue weighted by atomic mass is 19.4. The molecular formula is C24H30F6N2O. The summed E-state index contributed by atoms with van der Waals surface area (Å²) >= 11 is 0. The Morgan fingerprint density at radius 3 is 2.03 bits per heavy atom. The van der Waals surface area contributed by atoms with Gasteiger partial charge in [-0.1, -0.05) is 36.8 Å². The molecule has 2 atom stereocenters. The van der Waals surface area contributed by atoms with Gasteiger partial charge in [-0.05, 0) is 55.6 Å². The van der Waals surface area contributed by atoms with Gasteiger partial charge in [0.05, 0.1) is 17.2 Å². The second-order valence-electron chi connectivity index (χ2n) is 7.96. The Balaban J connectivity index is 0.000000237. The van der Waals surface area contributed by atoms with E-state index in [1.807, 2.05) is 0 Å². The summed E-state index contributed by atoms with van der Waals surface area (Å²) in [6, 6.07) is 12.8. The number of piperidine rings is 1. The van der Waals surface area contributed by atoms with Gasteiger partial charge in [0.1, 0.15) is 0 Å². The lowest BCUT2D eigenvalue weighted by Gasteiger charge is -2.35. The summed E-state index contributed by atoms with van der Waals surface area (Å²) < 4.78 is 79.7. The van der Waals surface area contributed by atoms with Crippen LogP contribution in [0.3, 0.4) is 0 Å². The van der Waals surface area contributed by atoms with Crippen LogP contribution in [0.25, 0.3) is 0 Å². The third kappa shape index (κ3) is 8.01. The van der Waals surface area contributed by atoms with Gasteiger partial charge in [-0.15, -0.1) is 0 Å². The molecule has 3 rings (SSSR count). The Bertz CT molecular complexity index is 820. The van der Waals surface area contributed by atoms with Crippen molar-refractivity contribution in [1.29, 1.82) is 0 Å². The number of benzene rings is 2. The first kappa shape index (κ1) is 27.1. The van der Waals surface area contributed by atoms with Crippen LogP contribution >= 0.6 is 0 Å². The van der Waals surface area contributed by atoms with Crippen LogP contribution in [0.15, 0.2) is 48.5 Å². The zero-order chi connectivity index (χ0) is 24.6. The summed E-state index contributed by atoms with van der Waals surface area (Å²) in [5, 5.41) is 0. The third-order valence-electron chi connectivity index (χ3n) is 5.65. The number of nitrogens with zero attached hydrogens (tertiary/aromatic N) is 1. The zero-order valence-corrected chi connectivity index (χ0v) is 18.7. The molecule has 0 bridgehead atoms. The fraction of sp³-hybridized carbons (Fsp3) is 0.500. The van der Waals surface area contributed by atoms with E-state index in [-0.39, 0.29) is 11.6 Å². The highest BCUT2D eigenvalue weighted by Crippen LogP contribution is 2.37. The molecule has 3 nitrogen and oxygen atoms in total.